The van der Waals surface area contributed by atoms with Crippen LogP contribution >= 0.6 is 24.8 Å². The number of piperidine rings is 1. The highest BCUT2D eigenvalue weighted by molar-refractivity contribution is 6.04. The fourth-order valence-electron chi connectivity index (χ4n) is 4.09. The predicted octanol–water partition coefficient (Wildman–Crippen LogP) is 1.91. The summed E-state index contributed by atoms with van der Waals surface area (Å²) in [6.07, 6.45) is 2.01. The number of piperazine rings is 1. The van der Waals surface area contributed by atoms with Crippen molar-refractivity contribution in [1.29, 1.82) is 0 Å². The molecule has 2 saturated heterocycles. The van der Waals surface area contributed by atoms with Crippen molar-refractivity contribution in [3.05, 3.63) is 30.0 Å². The van der Waals surface area contributed by atoms with Gasteiger partial charge in [-0.2, -0.15) is 5.10 Å². The topological polar surface area (TPSA) is 64.3 Å². The van der Waals surface area contributed by atoms with E-state index in [-0.39, 0.29) is 36.8 Å². The quantitative estimate of drug-likeness (QED) is 0.828. The fraction of sp³-hybridized carbons (Fsp3) is 0.529. The number of halogens is 2. The molecule has 0 radical (unpaired) electrons. The second kappa shape index (κ2) is 7.91. The number of nitrogens with zero attached hydrogens (tertiary/aromatic N) is 3. The molecule has 2 aromatic rings. The minimum Gasteiger partial charge on any atom is -0.348 e. The van der Waals surface area contributed by atoms with Gasteiger partial charge in [0.1, 0.15) is 0 Å². The number of rotatable bonds is 2. The third kappa shape index (κ3) is 3.77. The van der Waals surface area contributed by atoms with Crippen LogP contribution in [0, 0.1) is 0 Å². The maximum absolute atomic E-state index is 12.6. The van der Waals surface area contributed by atoms with Crippen molar-refractivity contribution >= 4 is 41.6 Å². The van der Waals surface area contributed by atoms with Gasteiger partial charge in [-0.1, -0.05) is 18.2 Å². The lowest BCUT2D eigenvalue weighted by Gasteiger charge is -2.50. The van der Waals surface area contributed by atoms with Crippen LogP contribution in [0.2, 0.25) is 0 Å². The Bertz CT molecular complexity index is 721. The summed E-state index contributed by atoms with van der Waals surface area (Å²) in [5.41, 5.74) is 1.40. The summed E-state index contributed by atoms with van der Waals surface area (Å²) in [4.78, 5) is 17.5. The molecule has 1 unspecified atom stereocenters. The molecule has 2 fully saturated rings. The fourth-order valence-corrected chi connectivity index (χ4v) is 4.09. The van der Waals surface area contributed by atoms with Crippen LogP contribution in [0.1, 0.15) is 23.3 Å². The van der Waals surface area contributed by atoms with Gasteiger partial charge in [-0.15, -0.1) is 24.8 Å². The summed E-state index contributed by atoms with van der Waals surface area (Å²) in [6, 6.07) is 9.03. The van der Waals surface area contributed by atoms with Gasteiger partial charge in [-0.3, -0.25) is 14.8 Å². The Kier molecular flexibility index (Phi) is 6.32. The van der Waals surface area contributed by atoms with Crippen molar-refractivity contribution < 1.29 is 4.79 Å². The van der Waals surface area contributed by atoms with Crippen LogP contribution in [-0.2, 0) is 0 Å². The lowest BCUT2D eigenvalue weighted by atomic mass is 9.88. The molecule has 3 atom stereocenters. The molecule has 6 nitrogen and oxygen atoms in total. The van der Waals surface area contributed by atoms with E-state index in [0.717, 1.165) is 36.8 Å². The number of carbonyl (C=O) groups is 1. The number of amides is 1. The van der Waals surface area contributed by atoms with Gasteiger partial charge < -0.3 is 10.2 Å². The Morgan fingerprint density at radius 3 is 2.48 bits per heavy atom. The zero-order chi connectivity index (χ0) is 16.0. The summed E-state index contributed by atoms with van der Waals surface area (Å²) in [5, 5.41) is 11.2. The van der Waals surface area contributed by atoms with E-state index in [0.29, 0.717) is 17.8 Å². The molecule has 138 valence electrons. The number of carbonyl (C=O) groups excluding carboxylic acids is 1. The van der Waals surface area contributed by atoms with Crippen molar-refractivity contribution in [2.75, 3.05) is 27.2 Å². The van der Waals surface area contributed by atoms with Gasteiger partial charge in [0, 0.05) is 36.6 Å². The molecule has 4 rings (SSSR count). The first-order valence-electron chi connectivity index (χ1n) is 8.26. The molecule has 8 heteroatoms. The normalized spacial score (nSPS) is 26.6. The van der Waals surface area contributed by atoms with E-state index in [9.17, 15) is 4.79 Å². The Morgan fingerprint density at radius 1 is 1.16 bits per heavy atom. The van der Waals surface area contributed by atoms with Gasteiger partial charge in [0.25, 0.3) is 5.91 Å². The maximum Gasteiger partial charge on any atom is 0.272 e. The van der Waals surface area contributed by atoms with Gasteiger partial charge in [-0.25, -0.2) is 0 Å². The van der Waals surface area contributed by atoms with E-state index in [1.807, 2.05) is 24.3 Å². The first-order valence-corrected chi connectivity index (χ1v) is 8.26. The SMILES string of the molecule is CN1C[C@H]2CC(NC(=O)c3n[nH]c4ccccc34)C[C@@H](C1)N2C.Cl.Cl. The van der Waals surface area contributed by atoms with E-state index >= 15 is 0 Å². The van der Waals surface area contributed by atoms with Crippen LogP contribution in [0.5, 0.6) is 0 Å². The molecule has 3 heterocycles. The molecule has 0 saturated carbocycles. The van der Waals surface area contributed by atoms with Crippen molar-refractivity contribution in [2.45, 2.75) is 31.0 Å². The highest BCUT2D eigenvalue weighted by Gasteiger charge is 2.38. The van der Waals surface area contributed by atoms with E-state index < -0.39 is 0 Å². The van der Waals surface area contributed by atoms with Crippen molar-refractivity contribution in [2.24, 2.45) is 0 Å². The predicted molar refractivity (Wildman–Crippen MR) is 104 cm³/mol. The molecule has 1 aromatic heterocycles. The standard InChI is InChI=1S/C17H23N5O.2ClH/c1-21-9-12-7-11(8-13(10-21)22(12)2)18-17(23)16-14-5-3-4-6-15(14)19-20-16;;/h3-6,11-13H,7-10H2,1-2H3,(H,18,23)(H,19,20);2*1H/t11?,12-,13+;;. The van der Waals surface area contributed by atoms with Crippen molar-refractivity contribution in [1.82, 2.24) is 25.3 Å². The molecule has 0 aliphatic carbocycles. The number of likely N-dealkylation sites (tertiary alicyclic amines) is 1. The molecule has 2 bridgehead atoms. The maximum atomic E-state index is 12.6. The molecular weight excluding hydrogens is 361 g/mol. The minimum absolute atomic E-state index is 0. The second-order valence-corrected chi connectivity index (χ2v) is 6.95. The number of hydrogen-bond donors (Lipinski definition) is 2. The zero-order valence-corrected chi connectivity index (χ0v) is 16.1. The molecule has 25 heavy (non-hydrogen) atoms. The summed E-state index contributed by atoms with van der Waals surface area (Å²) in [5.74, 6) is -0.0663. The number of H-pyrrole nitrogens is 1. The Balaban J connectivity index is 0.00000113. The van der Waals surface area contributed by atoms with Crippen LogP contribution < -0.4 is 5.32 Å². The first-order chi connectivity index (χ1) is 11.1. The smallest absolute Gasteiger partial charge is 0.272 e. The van der Waals surface area contributed by atoms with E-state index in [1.54, 1.807) is 0 Å². The molecule has 2 N–H and O–H groups in total. The molecule has 0 spiro atoms. The van der Waals surface area contributed by atoms with Gasteiger partial charge >= 0.3 is 0 Å². The Morgan fingerprint density at radius 2 is 1.80 bits per heavy atom. The summed E-state index contributed by atoms with van der Waals surface area (Å²) >= 11 is 0. The van der Waals surface area contributed by atoms with Gasteiger partial charge in [-0.05, 0) is 33.0 Å². The van der Waals surface area contributed by atoms with Gasteiger partial charge in [0.2, 0.25) is 0 Å². The zero-order valence-electron chi connectivity index (χ0n) is 14.4. The number of likely N-dealkylation sites (N-methyl/N-ethyl adjacent to an activating group) is 2. The lowest BCUT2D eigenvalue weighted by Crippen LogP contribution is -2.63. The molecule has 1 aromatic carbocycles. The second-order valence-electron chi connectivity index (χ2n) is 6.95. The van der Waals surface area contributed by atoms with Crippen LogP contribution in [0.3, 0.4) is 0 Å². The number of para-hydroxylation sites is 1. The number of hydrogen-bond acceptors (Lipinski definition) is 4. The van der Waals surface area contributed by atoms with Crippen LogP contribution in [0.4, 0.5) is 0 Å². The number of aromatic nitrogens is 2. The highest BCUT2D eigenvalue weighted by atomic mass is 35.5. The van der Waals surface area contributed by atoms with E-state index in [2.05, 4.69) is 39.4 Å². The van der Waals surface area contributed by atoms with Crippen LogP contribution in [0.25, 0.3) is 10.9 Å². The third-order valence-corrected chi connectivity index (χ3v) is 5.33. The highest BCUT2D eigenvalue weighted by Crippen LogP contribution is 2.27. The Hall–Kier alpha value is -1.34. The van der Waals surface area contributed by atoms with Crippen LogP contribution in [-0.4, -0.2) is 71.2 Å². The Labute approximate surface area is 160 Å². The van der Waals surface area contributed by atoms with E-state index in [1.165, 1.54) is 0 Å². The molecule has 1 amide bonds. The third-order valence-electron chi connectivity index (χ3n) is 5.33. The lowest BCUT2D eigenvalue weighted by molar-refractivity contribution is 0.00838. The number of nitrogens with one attached hydrogen (secondary N) is 2. The summed E-state index contributed by atoms with van der Waals surface area (Å²) in [6.45, 7) is 2.15. The minimum atomic E-state index is -0.0663. The summed E-state index contributed by atoms with van der Waals surface area (Å²) < 4.78 is 0. The van der Waals surface area contributed by atoms with E-state index in [4.69, 9.17) is 0 Å². The average Bonchev–Trinajstić information content (AvgIpc) is 2.93. The van der Waals surface area contributed by atoms with Crippen LogP contribution in [0.15, 0.2) is 24.3 Å². The largest absolute Gasteiger partial charge is 0.348 e. The first kappa shape index (κ1) is 20.0. The number of aromatic amines is 1. The molecule has 2 aliphatic rings. The number of benzene rings is 1. The van der Waals surface area contributed by atoms with Gasteiger partial charge in [0.15, 0.2) is 5.69 Å². The van der Waals surface area contributed by atoms with Gasteiger partial charge in [0.05, 0.1) is 5.52 Å². The molecular formula is C17H25Cl2N5O. The van der Waals surface area contributed by atoms with Crippen molar-refractivity contribution in [3.8, 4) is 0 Å². The molecule has 2 aliphatic heterocycles. The average molecular weight is 386 g/mol. The van der Waals surface area contributed by atoms with Crippen molar-refractivity contribution in [3.63, 3.8) is 0 Å². The number of fused-ring (bicyclic) bond motifs is 3. The summed E-state index contributed by atoms with van der Waals surface area (Å²) in [7, 11) is 4.39. The monoisotopic (exact) mass is 385 g/mol.